The number of Topliss-reactive ketones (excluding diaryl/α,β-unsaturated/α-hetero) is 1. The van der Waals surface area contributed by atoms with E-state index in [2.05, 4.69) is 20.6 Å². The summed E-state index contributed by atoms with van der Waals surface area (Å²) in [5.41, 5.74) is 2.00. The zero-order chi connectivity index (χ0) is 19.4. The molecule has 136 valence electrons. The minimum atomic E-state index is -0.393. The van der Waals surface area contributed by atoms with E-state index in [1.165, 1.54) is 6.92 Å². The van der Waals surface area contributed by atoms with Gasteiger partial charge in [-0.1, -0.05) is 29.8 Å². The fourth-order valence-electron chi connectivity index (χ4n) is 2.47. The van der Waals surface area contributed by atoms with Crippen LogP contribution in [0.15, 0.2) is 54.6 Å². The topological polar surface area (TPSA) is 84.0 Å². The van der Waals surface area contributed by atoms with Gasteiger partial charge in [0.15, 0.2) is 5.78 Å². The van der Waals surface area contributed by atoms with Crippen molar-refractivity contribution in [1.29, 1.82) is 0 Å². The molecule has 1 amide bonds. The minimum absolute atomic E-state index is 0.0722. The molecule has 0 unspecified atom stereocenters. The third-order valence-electron chi connectivity index (χ3n) is 3.69. The van der Waals surface area contributed by atoms with E-state index in [-0.39, 0.29) is 11.5 Å². The molecule has 1 aromatic heterocycles. The number of carbonyl (C=O) groups is 2. The Balaban J connectivity index is 1.82. The van der Waals surface area contributed by atoms with Gasteiger partial charge >= 0.3 is 0 Å². The van der Waals surface area contributed by atoms with Crippen LogP contribution >= 0.6 is 11.6 Å². The zero-order valence-corrected chi connectivity index (χ0v) is 15.5. The minimum Gasteiger partial charge on any atom is -0.340 e. The van der Waals surface area contributed by atoms with E-state index in [9.17, 15) is 9.59 Å². The number of nitrogens with one attached hydrogen (secondary N) is 2. The summed E-state index contributed by atoms with van der Waals surface area (Å²) in [6, 6.07) is 15.5. The Morgan fingerprint density at radius 2 is 1.70 bits per heavy atom. The van der Waals surface area contributed by atoms with E-state index >= 15 is 0 Å². The number of nitrogens with zero attached hydrogens (tertiary/aromatic N) is 2. The standard InChI is InChI=1S/C20H17ClN4O2/c1-12(26)14-5-3-7-16(9-14)25-20(27)18-11-19(23-13(2)22-18)24-17-8-4-6-15(21)10-17/h3-11H,1-2H3,(H,25,27)(H,22,23,24). The molecular formula is C20H17ClN4O2. The van der Waals surface area contributed by atoms with Crippen LogP contribution in [-0.4, -0.2) is 21.7 Å². The molecule has 0 aliphatic heterocycles. The van der Waals surface area contributed by atoms with E-state index in [1.54, 1.807) is 49.4 Å². The van der Waals surface area contributed by atoms with Crippen molar-refractivity contribution in [3.05, 3.63) is 76.7 Å². The first kappa shape index (κ1) is 18.5. The van der Waals surface area contributed by atoms with Crippen LogP contribution in [0.25, 0.3) is 0 Å². The second-order valence-electron chi connectivity index (χ2n) is 5.91. The van der Waals surface area contributed by atoms with Gasteiger partial charge in [0.25, 0.3) is 5.91 Å². The van der Waals surface area contributed by atoms with Crippen LogP contribution in [0.3, 0.4) is 0 Å². The SMILES string of the molecule is CC(=O)c1cccc(NC(=O)c2cc(Nc3cccc(Cl)c3)nc(C)n2)c1. The average Bonchev–Trinajstić information content (AvgIpc) is 2.61. The maximum atomic E-state index is 12.6. The van der Waals surface area contributed by atoms with Crippen molar-refractivity contribution in [3.8, 4) is 0 Å². The first-order valence-electron chi connectivity index (χ1n) is 8.21. The van der Waals surface area contributed by atoms with Gasteiger partial charge in [0.05, 0.1) is 0 Å². The summed E-state index contributed by atoms with van der Waals surface area (Å²) in [6.45, 7) is 3.18. The third-order valence-corrected chi connectivity index (χ3v) is 3.93. The van der Waals surface area contributed by atoms with Gasteiger partial charge in [-0.05, 0) is 44.2 Å². The number of halogens is 1. The summed E-state index contributed by atoms with van der Waals surface area (Å²) in [6.07, 6.45) is 0. The largest absolute Gasteiger partial charge is 0.340 e. The van der Waals surface area contributed by atoms with Crippen LogP contribution in [0, 0.1) is 6.92 Å². The zero-order valence-electron chi connectivity index (χ0n) is 14.8. The van der Waals surface area contributed by atoms with Crippen molar-refractivity contribution in [1.82, 2.24) is 9.97 Å². The van der Waals surface area contributed by atoms with Gasteiger partial charge in [0.2, 0.25) is 0 Å². The normalized spacial score (nSPS) is 10.3. The van der Waals surface area contributed by atoms with Crippen LogP contribution in [-0.2, 0) is 0 Å². The molecule has 3 rings (SSSR count). The maximum absolute atomic E-state index is 12.6. The van der Waals surface area contributed by atoms with Crippen molar-refractivity contribution in [2.24, 2.45) is 0 Å². The number of hydrogen-bond acceptors (Lipinski definition) is 5. The fraction of sp³-hybridized carbons (Fsp3) is 0.100. The smallest absolute Gasteiger partial charge is 0.274 e. The van der Waals surface area contributed by atoms with Crippen LogP contribution < -0.4 is 10.6 Å². The molecule has 0 aliphatic rings. The molecule has 2 aromatic carbocycles. The van der Waals surface area contributed by atoms with Crippen LogP contribution in [0.4, 0.5) is 17.2 Å². The Morgan fingerprint density at radius 3 is 2.44 bits per heavy atom. The first-order chi connectivity index (χ1) is 12.9. The molecular weight excluding hydrogens is 364 g/mol. The molecule has 0 spiro atoms. The average molecular weight is 381 g/mol. The summed E-state index contributed by atoms with van der Waals surface area (Å²) in [5.74, 6) is 0.462. The third kappa shape index (κ3) is 4.89. The van der Waals surface area contributed by atoms with Crippen molar-refractivity contribution in [2.45, 2.75) is 13.8 Å². The van der Waals surface area contributed by atoms with Gasteiger partial charge in [-0.15, -0.1) is 0 Å². The van der Waals surface area contributed by atoms with Crippen LogP contribution in [0.2, 0.25) is 5.02 Å². The highest BCUT2D eigenvalue weighted by Gasteiger charge is 2.12. The molecule has 2 N–H and O–H groups in total. The summed E-state index contributed by atoms with van der Waals surface area (Å²) in [5, 5.41) is 6.45. The number of anilines is 3. The lowest BCUT2D eigenvalue weighted by molar-refractivity contribution is 0.100. The number of amides is 1. The molecule has 1 heterocycles. The number of benzene rings is 2. The molecule has 0 atom stereocenters. The monoisotopic (exact) mass is 380 g/mol. The molecule has 3 aromatic rings. The highest BCUT2D eigenvalue weighted by molar-refractivity contribution is 6.30. The lowest BCUT2D eigenvalue weighted by Crippen LogP contribution is -2.15. The Bertz CT molecular complexity index is 1020. The molecule has 0 radical (unpaired) electrons. The van der Waals surface area contributed by atoms with Gasteiger partial charge in [-0.25, -0.2) is 9.97 Å². The Morgan fingerprint density at radius 1 is 0.963 bits per heavy atom. The van der Waals surface area contributed by atoms with Crippen LogP contribution in [0.5, 0.6) is 0 Å². The van der Waals surface area contributed by atoms with Gasteiger partial charge < -0.3 is 10.6 Å². The van der Waals surface area contributed by atoms with Crippen molar-refractivity contribution in [2.75, 3.05) is 10.6 Å². The van der Waals surface area contributed by atoms with Crippen LogP contribution in [0.1, 0.15) is 33.6 Å². The molecule has 0 saturated carbocycles. The Labute approximate surface area is 161 Å². The second-order valence-corrected chi connectivity index (χ2v) is 6.35. The second kappa shape index (κ2) is 7.97. The van der Waals surface area contributed by atoms with Gasteiger partial charge in [0, 0.05) is 28.0 Å². The van der Waals surface area contributed by atoms with E-state index in [0.717, 1.165) is 5.69 Å². The predicted octanol–water partition coefficient (Wildman–Crippen LogP) is 4.64. The predicted molar refractivity (Wildman–Crippen MR) is 106 cm³/mol. The number of carbonyl (C=O) groups excluding carboxylic acids is 2. The first-order valence-corrected chi connectivity index (χ1v) is 8.59. The lowest BCUT2D eigenvalue weighted by atomic mass is 10.1. The summed E-state index contributed by atoms with van der Waals surface area (Å²) in [7, 11) is 0. The number of rotatable bonds is 5. The van der Waals surface area contributed by atoms with E-state index in [0.29, 0.717) is 27.9 Å². The maximum Gasteiger partial charge on any atom is 0.274 e. The number of hydrogen-bond donors (Lipinski definition) is 2. The van der Waals surface area contributed by atoms with Gasteiger partial charge in [-0.2, -0.15) is 0 Å². The highest BCUT2D eigenvalue weighted by atomic mass is 35.5. The molecule has 6 nitrogen and oxygen atoms in total. The van der Waals surface area contributed by atoms with E-state index < -0.39 is 5.91 Å². The Kier molecular flexibility index (Phi) is 5.47. The molecule has 0 saturated heterocycles. The van der Waals surface area contributed by atoms with Gasteiger partial charge in [0.1, 0.15) is 17.3 Å². The highest BCUT2D eigenvalue weighted by Crippen LogP contribution is 2.20. The van der Waals surface area contributed by atoms with Crippen molar-refractivity contribution < 1.29 is 9.59 Å². The molecule has 0 bridgehead atoms. The molecule has 0 aliphatic carbocycles. The summed E-state index contributed by atoms with van der Waals surface area (Å²) >= 11 is 5.99. The Hall–Kier alpha value is -3.25. The quantitative estimate of drug-likeness (QED) is 0.630. The molecule has 0 fully saturated rings. The lowest BCUT2D eigenvalue weighted by Gasteiger charge is -2.10. The molecule has 7 heteroatoms. The van der Waals surface area contributed by atoms with E-state index in [4.69, 9.17) is 11.6 Å². The van der Waals surface area contributed by atoms with E-state index in [1.807, 2.05) is 12.1 Å². The number of aryl methyl sites for hydroxylation is 1. The van der Waals surface area contributed by atoms with Crippen molar-refractivity contribution in [3.63, 3.8) is 0 Å². The van der Waals surface area contributed by atoms with Crippen molar-refractivity contribution >= 4 is 40.5 Å². The number of aromatic nitrogens is 2. The summed E-state index contributed by atoms with van der Waals surface area (Å²) < 4.78 is 0. The fourth-order valence-corrected chi connectivity index (χ4v) is 2.66. The summed E-state index contributed by atoms with van der Waals surface area (Å²) in [4.78, 5) is 32.5. The number of ketones is 1. The van der Waals surface area contributed by atoms with Gasteiger partial charge in [-0.3, -0.25) is 9.59 Å². The molecule has 27 heavy (non-hydrogen) atoms.